The molecule has 0 saturated heterocycles. The third-order valence-electron chi connectivity index (χ3n) is 2.79. The van der Waals surface area contributed by atoms with E-state index in [1.165, 1.54) is 0 Å². The van der Waals surface area contributed by atoms with Gasteiger partial charge in [0.05, 0.1) is 11.3 Å². The summed E-state index contributed by atoms with van der Waals surface area (Å²) in [6.45, 7) is 3.80. The molecule has 1 aliphatic rings. The number of hydrogen-bond donors (Lipinski definition) is 2. The van der Waals surface area contributed by atoms with Crippen LogP contribution in [0.25, 0.3) is 0 Å². The molecule has 2 aromatic heterocycles. The maximum Gasteiger partial charge on any atom is 0.259 e. The molecular weight excluding hydrogens is 228 g/mol. The molecule has 90 valence electrons. The van der Waals surface area contributed by atoms with Gasteiger partial charge in [-0.1, -0.05) is 0 Å². The lowest BCUT2D eigenvalue weighted by atomic mass is 10.2. The molecule has 18 heavy (non-hydrogen) atoms. The van der Waals surface area contributed by atoms with Crippen LogP contribution < -0.4 is 10.6 Å². The molecule has 3 heterocycles. The van der Waals surface area contributed by atoms with Crippen LogP contribution in [0.3, 0.4) is 0 Å². The monoisotopic (exact) mass is 240 g/mol. The predicted octanol–water partition coefficient (Wildman–Crippen LogP) is 2.40. The number of rotatable bonds is 0. The largest absolute Gasteiger partial charge is 0.323 e. The van der Waals surface area contributed by atoms with Crippen molar-refractivity contribution in [2.24, 2.45) is 0 Å². The van der Waals surface area contributed by atoms with Gasteiger partial charge in [-0.25, -0.2) is 9.97 Å². The van der Waals surface area contributed by atoms with Gasteiger partial charge in [0, 0.05) is 11.9 Å². The van der Waals surface area contributed by atoms with Gasteiger partial charge in [-0.05, 0) is 37.6 Å². The smallest absolute Gasteiger partial charge is 0.259 e. The van der Waals surface area contributed by atoms with Crippen LogP contribution in [0, 0.1) is 13.8 Å². The van der Waals surface area contributed by atoms with Crippen LogP contribution in [0.15, 0.2) is 24.4 Å². The van der Waals surface area contributed by atoms with Gasteiger partial charge in [0.1, 0.15) is 5.82 Å². The van der Waals surface area contributed by atoms with Gasteiger partial charge in [0.25, 0.3) is 5.91 Å². The Morgan fingerprint density at radius 2 is 1.94 bits per heavy atom. The van der Waals surface area contributed by atoms with Crippen molar-refractivity contribution < 1.29 is 4.79 Å². The van der Waals surface area contributed by atoms with Crippen LogP contribution in [0.5, 0.6) is 0 Å². The van der Waals surface area contributed by atoms with Crippen molar-refractivity contribution in [1.82, 2.24) is 9.97 Å². The number of pyridine rings is 2. The van der Waals surface area contributed by atoms with E-state index in [2.05, 4.69) is 20.6 Å². The second-order valence-corrected chi connectivity index (χ2v) is 4.34. The molecule has 2 N–H and O–H groups in total. The number of fused-ring (bicyclic) bond motifs is 2. The Hall–Kier alpha value is -2.43. The van der Waals surface area contributed by atoms with E-state index in [9.17, 15) is 4.79 Å². The van der Waals surface area contributed by atoms with E-state index in [0.29, 0.717) is 22.9 Å². The normalized spacial score (nSPS) is 12.9. The summed E-state index contributed by atoms with van der Waals surface area (Å²) in [4.78, 5) is 20.7. The Morgan fingerprint density at radius 1 is 1.11 bits per heavy atom. The first kappa shape index (κ1) is 10.7. The molecule has 0 bridgehead atoms. The molecule has 0 unspecified atom stereocenters. The van der Waals surface area contributed by atoms with Crippen LogP contribution in [-0.4, -0.2) is 15.9 Å². The lowest BCUT2D eigenvalue weighted by Gasteiger charge is -2.07. The maximum absolute atomic E-state index is 12.1. The molecule has 1 aliphatic heterocycles. The van der Waals surface area contributed by atoms with Crippen LogP contribution in [0.4, 0.5) is 17.3 Å². The molecule has 2 aromatic rings. The second kappa shape index (κ2) is 3.80. The molecule has 0 fully saturated rings. The van der Waals surface area contributed by atoms with Gasteiger partial charge in [0.2, 0.25) is 0 Å². The quantitative estimate of drug-likeness (QED) is 0.742. The second-order valence-electron chi connectivity index (χ2n) is 4.34. The van der Waals surface area contributed by atoms with E-state index in [-0.39, 0.29) is 5.91 Å². The van der Waals surface area contributed by atoms with Crippen LogP contribution >= 0.6 is 0 Å². The zero-order valence-electron chi connectivity index (χ0n) is 10.1. The highest BCUT2D eigenvalue weighted by atomic mass is 16.1. The summed E-state index contributed by atoms with van der Waals surface area (Å²) >= 11 is 0. The van der Waals surface area contributed by atoms with Crippen LogP contribution in [0.2, 0.25) is 0 Å². The highest BCUT2D eigenvalue weighted by Crippen LogP contribution is 2.29. The van der Waals surface area contributed by atoms with Crippen molar-refractivity contribution in [1.29, 1.82) is 0 Å². The number of nitrogens with zero attached hydrogens (tertiary/aromatic N) is 2. The Bertz CT molecular complexity index is 651. The van der Waals surface area contributed by atoms with E-state index in [1.54, 1.807) is 6.20 Å². The highest BCUT2D eigenvalue weighted by Gasteiger charge is 2.20. The number of hydrogen-bond acceptors (Lipinski definition) is 4. The molecule has 5 heteroatoms. The van der Waals surface area contributed by atoms with Crippen molar-refractivity contribution >= 4 is 23.2 Å². The van der Waals surface area contributed by atoms with E-state index in [1.807, 2.05) is 32.0 Å². The summed E-state index contributed by atoms with van der Waals surface area (Å²) < 4.78 is 0. The predicted molar refractivity (Wildman–Crippen MR) is 69.2 cm³/mol. The molecule has 0 spiro atoms. The number of anilines is 3. The van der Waals surface area contributed by atoms with E-state index in [4.69, 9.17) is 0 Å². The molecule has 0 radical (unpaired) electrons. The molecule has 0 aromatic carbocycles. The summed E-state index contributed by atoms with van der Waals surface area (Å²) in [5.74, 6) is 0.992. The Labute approximate surface area is 104 Å². The van der Waals surface area contributed by atoms with Crippen molar-refractivity contribution in [3.8, 4) is 0 Å². The fourth-order valence-corrected chi connectivity index (χ4v) is 1.90. The number of amides is 1. The van der Waals surface area contributed by atoms with Gasteiger partial charge in [-0.3, -0.25) is 4.79 Å². The number of aryl methyl sites for hydroxylation is 2. The van der Waals surface area contributed by atoms with Gasteiger partial charge in [-0.15, -0.1) is 0 Å². The van der Waals surface area contributed by atoms with Crippen molar-refractivity contribution in [3.63, 3.8) is 0 Å². The first-order valence-corrected chi connectivity index (χ1v) is 5.66. The average Bonchev–Trinajstić information content (AvgIpc) is 2.46. The molecular formula is C13H12N4O. The molecule has 0 saturated carbocycles. The Kier molecular flexibility index (Phi) is 2.26. The standard InChI is InChI=1S/C13H12N4O/c1-7-5-9-11(14-6-7)17-12-10(16-13(9)18)4-3-8(2)15-12/h3-6H,1-2H3,(H,16,18)(H,14,15,17). The first-order chi connectivity index (χ1) is 8.63. The van der Waals surface area contributed by atoms with Crippen LogP contribution in [0.1, 0.15) is 21.6 Å². The SMILES string of the molecule is Cc1cnc2c(c1)C(=O)Nc1ccc(C)nc1N2. The van der Waals surface area contributed by atoms with Crippen molar-refractivity contribution in [3.05, 3.63) is 41.2 Å². The molecule has 0 aliphatic carbocycles. The minimum Gasteiger partial charge on any atom is -0.323 e. The minimum absolute atomic E-state index is 0.168. The van der Waals surface area contributed by atoms with Gasteiger partial charge >= 0.3 is 0 Å². The fraction of sp³-hybridized carbons (Fsp3) is 0.154. The maximum atomic E-state index is 12.1. The zero-order chi connectivity index (χ0) is 12.7. The van der Waals surface area contributed by atoms with Gasteiger partial charge in [0.15, 0.2) is 5.82 Å². The number of aromatic nitrogens is 2. The third-order valence-corrected chi connectivity index (χ3v) is 2.79. The molecule has 3 rings (SSSR count). The van der Waals surface area contributed by atoms with Crippen molar-refractivity contribution in [2.75, 3.05) is 10.6 Å². The number of carbonyl (C=O) groups excluding carboxylic acids is 1. The summed E-state index contributed by atoms with van der Waals surface area (Å²) in [7, 11) is 0. The lowest BCUT2D eigenvalue weighted by molar-refractivity contribution is 0.102. The Morgan fingerprint density at radius 3 is 2.78 bits per heavy atom. The lowest BCUT2D eigenvalue weighted by Crippen LogP contribution is -2.11. The first-order valence-electron chi connectivity index (χ1n) is 5.66. The minimum atomic E-state index is -0.168. The summed E-state index contributed by atoms with van der Waals surface area (Å²) in [6, 6.07) is 5.50. The summed E-state index contributed by atoms with van der Waals surface area (Å²) in [5.41, 5.74) is 3.03. The van der Waals surface area contributed by atoms with E-state index >= 15 is 0 Å². The third kappa shape index (κ3) is 1.69. The van der Waals surface area contributed by atoms with Crippen LogP contribution in [-0.2, 0) is 0 Å². The fourth-order valence-electron chi connectivity index (χ4n) is 1.90. The average molecular weight is 240 g/mol. The number of carbonyl (C=O) groups is 1. The molecule has 5 nitrogen and oxygen atoms in total. The van der Waals surface area contributed by atoms with Crippen molar-refractivity contribution in [2.45, 2.75) is 13.8 Å². The van der Waals surface area contributed by atoms with Gasteiger partial charge in [-0.2, -0.15) is 0 Å². The Balaban J connectivity index is 2.17. The van der Waals surface area contributed by atoms with E-state index < -0.39 is 0 Å². The summed E-state index contributed by atoms with van der Waals surface area (Å²) in [5, 5.41) is 5.92. The molecule has 0 atom stereocenters. The number of nitrogens with one attached hydrogen (secondary N) is 2. The summed E-state index contributed by atoms with van der Waals surface area (Å²) in [6.07, 6.45) is 1.72. The van der Waals surface area contributed by atoms with Gasteiger partial charge < -0.3 is 10.6 Å². The topological polar surface area (TPSA) is 66.9 Å². The highest BCUT2D eigenvalue weighted by molar-refractivity contribution is 6.11. The van der Waals surface area contributed by atoms with E-state index in [0.717, 1.165) is 11.3 Å². The zero-order valence-corrected chi connectivity index (χ0v) is 10.1. The molecule has 1 amide bonds.